The minimum Gasteiger partial charge on any atom is -0.298 e. The minimum absolute atomic E-state index is 0.834. The van der Waals surface area contributed by atoms with Crippen LogP contribution in [0.25, 0.3) is 0 Å². The Morgan fingerprint density at radius 2 is 1.03 bits per heavy atom. The molecule has 3 heteroatoms. The van der Waals surface area contributed by atoms with Crippen LogP contribution in [0.1, 0.15) is 38.5 Å². The van der Waals surface area contributed by atoms with Gasteiger partial charge in [-0.2, -0.15) is 0 Å². The summed E-state index contributed by atoms with van der Waals surface area (Å²) < 4.78 is 5.59. The quantitative estimate of drug-likeness (QED) is 0.374. The first-order chi connectivity index (χ1) is 14.8. The van der Waals surface area contributed by atoms with Gasteiger partial charge in [-0.3, -0.25) is 9.54 Å². The lowest BCUT2D eigenvalue weighted by Crippen LogP contribution is -2.25. The molecule has 0 aliphatic heterocycles. The SMILES string of the molecule is O=C/C1=C(\N=P(c2ccccc2)(c2ccccc2)c2ccccc2)CCCCCC1. The third kappa shape index (κ3) is 4.25. The standard InChI is InChI=1S/C27H28NOP/c29-22-23-14-6-1-2-13-21-27(23)28-30(24-15-7-3-8-16-24,25-17-9-4-10-18-25)26-19-11-5-12-20-26/h3-5,7-12,15-20,22H,1-2,6,13-14,21H2/b27-23-. The van der Waals surface area contributed by atoms with Crippen LogP contribution in [0.5, 0.6) is 0 Å². The van der Waals surface area contributed by atoms with Crippen molar-refractivity contribution >= 4 is 29.3 Å². The summed E-state index contributed by atoms with van der Waals surface area (Å²) in [7, 11) is -2.30. The molecule has 0 radical (unpaired) electrons. The molecule has 152 valence electrons. The average Bonchev–Trinajstić information content (AvgIpc) is 2.81. The number of benzene rings is 3. The molecule has 0 atom stereocenters. The van der Waals surface area contributed by atoms with Crippen LogP contribution in [-0.2, 0) is 4.79 Å². The van der Waals surface area contributed by atoms with Crippen molar-refractivity contribution in [3.63, 3.8) is 0 Å². The summed E-state index contributed by atoms with van der Waals surface area (Å²) in [6.07, 6.45) is 7.33. The minimum atomic E-state index is -2.30. The highest BCUT2D eigenvalue weighted by molar-refractivity contribution is 7.87. The Labute approximate surface area is 179 Å². The van der Waals surface area contributed by atoms with Crippen molar-refractivity contribution in [2.24, 2.45) is 4.74 Å². The molecule has 0 saturated heterocycles. The van der Waals surface area contributed by atoms with Gasteiger partial charge < -0.3 is 0 Å². The van der Waals surface area contributed by atoms with Gasteiger partial charge in [0.25, 0.3) is 0 Å². The summed E-state index contributed by atoms with van der Waals surface area (Å²) in [6.45, 7) is 0. The van der Waals surface area contributed by atoms with E-state index in [0.717, 1.165) is 43.2 Å². The monoisotopic (exact) mass is 413 g/mol. The van der Waals surface area contributed by atoms with Gasteiger partial charge in [-0.05, 0) is 25.7 Å². The first-order valence-electron chi connectivity index (χ1n) is 10.8. The van der Waals surface area contributed by atoms with Gasteiger partial charge in [-0.1, -0.05) is 104 Å². The van der Waals surface area contributed by atoms with E-state index in [4.69, 9.17) is 4.74 Å². The van der Waals surface area contributed by atoms with E-state index in [-0.39, 0.29) is 0 Å². The Morgan fingerprint density at radius 1 is 0.600 bits per heavy atom. The fraction of sp³-hybridized carbons (Fsp3) is 0.222. The van der Waals surface area contributed by atoms with Crippen LogP contribution in [0.15, 0.2) is 107 Å². The molecule has 3 aromatic carbocycles. The summed E-state index contributed by atoms with van der Waals surface area (Å²) in [5.74, 6) is 0. The molecule has 0 fully saturated rings. The van der Waals surface area contributed by atoms with Crippen LogP contribution in [0.4, 0.5) is 0 Å². The van der Waals surface area contributed by atoms with E-state index >= 15 is 0 Å². The molecular formula is C27H28NOP. The number of hydrogen-bond acceptors (Lipinski definition) is 2. The lowest BCUT2D eigenvalue weighted by Gasteiger charge is -2.28. The fourth-order valence-electron chi connectivity index (χ4n) is 4.24. The zero-order valence-electron chi connectivity index (χ0n) is 17.3. The van der Waals surface area contributed by atoms with Gasteiger partial charge in [0.15, 0.2) is 0 Å². The Kier molecular flexibility index (Phi) is 6.77. The van der Waals surface area contributed by atoms with Crippen molar-refractivity contribution < 1.29 is 4.79 Å². The van der Waals surface area contributed by atoms with E-state index < -0.39 is 7.05 Å². The van der Waals surface area contributed by atoms with Crippen LogP contribution in [0, 0.1) is 0 Å². The molecule has 0 aromatic heterocycles. The third-order valence-electron chi connectivity index (χ3n) is 5.78. The largest absolute Gasteiger partial charge is 0.298 e. The molecule has 1 aliphatic carbocycles. The van der Waals surface area contributed by atoms with Gasteiger partial charge >= 0.3 is 0 Å². The number of allylic oxidation sites excluding steroid dienone is 2. The van der Waals surface area contributed by atoms with Gasteiger partial charge in [-0.25, -0.2) is 0 Å². The molecule has 3 aromatic rings. The van der Waals surface area contributed by atoms with Crippen LogP contribution in [0.2, 0.25) is 0 Å². The van der Waals surface area contributed by atoms with E-state index in [1.807, 2.05) is 0 Å². The van der Waals surface area contributed by atoms with E-state index in [9.17, 15) is 4.79 Å². The second kappa shape index (κ2) is 9.87. The summed E-state index contributed by atoms with van der Waals surface area (Å²) >= 11 is 0. The average molecular weight is 414 g/mol. The van der Waals surface area contributed by atoms with E-state index in [0.29, 0.717) is 0 Å². The first kappa shape index (κ1) is 20.6. The summed E-state index contributed by atoms with van der Waals surface area (Å²) in [4.78, 5) is 12.0. The van der Waals surface area contributed by atoms with Gasteiger partial charge in [-0.15, -0.1) is 0 Å². The molecule has 4 rings (SSSR count). The molecule has 30 heavy (non-hydrogen) atoms. The maximum atomic E-state index is 12.0. The Morgan fingerprint density at radius 3 is 1.47 bits per heavy atom. The molecular weight excluding hydrogens is 385 g/mol. The predicted octanol–water partition coefficient (Wildman–Crippen LogP) is 5.97. The smallest absolute Gasteiger partial charge is 0.147 e. The van der Waals surface area contributed by atoms with Gasteiger partial charge in [0.1, 0.15) is 6.29 Å². The number of carbonyl (C=O) groups excluding carboxylic acids is 1. The highest BCUT2D eigenvalue weighted by atomic mass is 31.2. The zero-order valence-corrected chi connectivity index (χ0v) is 18.2. The molecule has 0 saturated carbocycles. The second-order valence-electron chi connectivity index (χ2n) is 7.75. The maximum Gasteiger partial charge on any atom is 0.147 e. The van der Waals surface area contributed by atoms with Crippen molar-refractivity contribution in [1.29, 1.82) is 0 Å². The van der Waals surface area contributed by atoms with Crippen LogP contribution in [0.3, 0.4) is 0 Å². The lowest BCUT2D eigenvalue weighted by molar-refractivity contribution is -0.105. The Balaban J connectivity index is 2.09. The molecule has 0 bridgehead atoms. The van der Waals surface area contributed by atoms with Crippen molar-refractivity contribution in [2.45, 2.75) is 38.5 Å². The van der Waals surface area contributed by atoms with Crippen LogP contribution >= 0.6 is 7.05 Å². The molecule has 0 heterocycles. The van der Waals surface area contributed by atoms with Gasteiger partial charge in [0, 0.05) is 27.2 Å². The van der Waals surface area contributed by atoms with Crippen LogP contribution < -0.4 is 15.9 Å². The Bertz CT molecular complexity index is 952. The number of nitrogens with zero attached hydrogens (tertiary/aromatic N) is 1. The first-order valence-corrected chi connectivity index (χ1v) is 12.5. The van der Waals surface area contributed by atoms with Gasteiger partial charge in [0.2, 0.25) is 0 Å². The van der Waals surface area contributed by atoms with E-state index in [2.05, 4.69) is 91.0 Å². The number of carbonyl (C=O) groups is 1. The Hall–Kier alpha value is -2.70. The molecule has 2 nitrogen and oxygen atoms in total. The summed E-state index contributed by atoms with van der Waals surface area (Å²) in [6, 6.07) is 31.9. The van der Waals surface area contributed by atoms with Crippen molar-refractivity contribution in [3.8, 4) is 0 Å². The molecule has 1 aliphatic rings. The number of rotatable bonds is 5. The highest BCUT2D eigenvalue weighted by Crippen LogP contribution is 2.48. The third-order valence-corrected chi connectivity index (χ3v) is 9.46. The highest BCUT2D eigenvalue weighted by Gasteiger charge is 2.28. The second-order valence-corrected chi connectivity index (χ2v) is 10.8. The number of hydrogen-bond donors (Lipinski definition) is 0. The van der Waals surface area contributed by atoms with E-state index in [1.165, 1.54) is 28.8 Å². The summed E-state index contributed by atoms with van der Waals surface area (Å²) in [5, 5.41) is 3.67. The molecule has 0 unspecified atom stereocenters. The van der Waals surface area contributed by atoms with Crippen molar-refractivity contribution in [3.05, 3.63) is 102 Å². The summed E-state index contributed by atoms with van der Waals surface area (Å²) in [5.41, 5.74) is 1.90. The lowest BCUT2D eigenvalue weighted by atomic mass is 9.98. The fourth-order valence-corrected chi connectivity index (χ4v) is 7.88. The van der Waals surface area contributed by atoms with Crippen molar-refractivity contribution in [1.82, 2.24) is 0 Å². The van der Waals surface area contributed by atoms with Gasteiger partial charge in [0.05, 0.1) is 7.05 Å². The molecule has 0 spiro atoms. The topological polar surface area (TPSA) is 29.4 Å². The normalized spacial score (nSPS) is 17.6. The maximum absolute atomic E-state index is 12.0. The molecule has 0 amide bonds. The zero-order chi connectivity index (χ0) is 20.7. The number of aldehydes is 1. The van der Waals surface area contributed by atoms with Crippen molar-refractivity contribution in [2.75, 3.05) is 0 Å². The molecule has 0 N–H and O–H groups in total. The predicted molar refractivity (Wildman–Crippen MR) is 128 cm³/mol. The van der Waals surface area contributed by atoms with E-state index in [1.54, 1.807) is 0 Å². The van der Waals surface area contributed by atoms with Crippen LogP contribution in [-0.4, -0.2) is 6.29 Å².